The summed E-state index contributed by atoms with van der Waals surface area (Å²) < 4.78 is 0. The molecule has 1 aromatic carbocycles. The normalized spacial score (nSPS) is 19.5. The first-order valence-corrected chi connectivity index (χ1v) is 8.74. The molecule has 3 rings (SSSR count). The second-order valence-corrected chi connectivity index (χ2v) is 6.80. The van der Waals surface area contributed by atoms with E-state index in [4.69, 9.17) is 0 Å². The summed E-state index contributed by atoms with van der Waals surface area (Å²) in [5.74, 6) is 1.23. The molecule has 0 aromatic heterocycles. The maximum atomic E-state index is 12.0. The third-order valence-corrected chi connectivity index (χ3v) is 4.81. The largest absolute Gasteiger partial charge is 0.508 e. The summed E-state index contributed by atoms with van der Waals surface area (Å²) in [6, 6.07) is 7.44. The molecule has 1 aromatic rings. The second-order valence-electron chi connectivity index (χ2n) is 6.80. The van der Waals surface area contributed by atoms with Crippen LogP contribution in [0.2, 0.25) is 0 Å². The maximum Gasteiger partial charge on any atom is 0.315 e. The van der Waals surface area contributed by atoms with Crippen molar-refractivity contribution < 1.29 is 9.90 Å². The van der Waals surface area contributed by atoms with Gasteiger partial charge in [-0.05, 0) is 49.7 Å². The van der Waals surface area contributed by atoms with Gasteiger partial charge in [0.2, 0.25) is 0 Å². The number of carbonyl (C=O) groups excluding carboxylic acids is 1. The molecule has 2 fully saturated rings. The Balaban J connectivity index is 1.31. The number of nitrogens with zero attached hydrogens (tertiary/aromatic N) is 1. The minimum absolute atomic E-state index is 0.0962. The first-order chi connectivity index (χ1) is 11.2. The Kier molecular flexibility index (Phi) is 5.39. The molecule has 3 N–H and O–H groups in total. The van der Waals surface area contributed by atoms with E-state index in [0.29, 0.717) is 13.0 Å². The summed E-state index contributed by atoms with van der Waals surface area (Å²) in [5, 5.41) is 15.6. The van der Waals surface area contributed by atoms with Gasteiger partial charge in [-0.2, -0.15) is 0 Å². The number of amides is 2. The van der Waals surface area contributed by atoms with Gasteiger partial charge in [0.15, 0.2) is 0 Å². The standard InChI is InChI=1S/C18H27N3O2/c22-17-4-2-1-3-15(17)7-10-19-18(23)20-16-8-11-21(12-9-16)13-14-5-6-14/h1-4,14,16,22H,5-13H2,(H2,19,20,23). The Morgan fingerprint density at radius 1 is 1.17 bits per heavy atom. The molecule has 0 atom stereocenters. The third kappa shape index (κ3) is 5.13. The molecular weight excluding hydrogens is 290 g/mol. The van der Waals surface area contributed by atoms with Gasteiger partial charge in [0.1, 0.15) is 5.75 Å². The molecule has 1 saturated carbocycles. The van der Waals surface area contributed by atoms with Crippen LogP contribution in [0.3, 0.4) is 0 Å². The van der Waals surface area contributed by atoms with E-state index in [0.717, 1.165) is 37.4 Å². The van der Waals surface area contributed by atoms with Crippen molar-refractivity contribution in [2.24, 2.45) is 5.92 Å². The molecule has 1 saturated heterocycles. The van der Waals surface area contributed by atoms with Gasteiger partial charge >= 0.3 is 6.03 Å². The van der Waals surface area contributed by atoms with Gasteiger partial charge < -0.3 is 20.6 Å². The zero-order valence-corrected chi connectivity index (χ0v) is 13.6. The molecule has 0 spiro atoms. The van der Waals surface area contributed by atoms with Crippen molar-refractivity contribution in [2.75, 3.05) is 26.2 Å². The second kappa shape index (κ2) is 7.68. The van der Waals surface area contributed by atoms with Gasteiger partial charge in [-0.3, -0.25) is 0 Å². The number of benzene rings is 1. The number of phenolic OH excluding ortho intramolecular Hbond substituents is 1. The number of likely N-dealkylation sites (tertiary alicyclic amines) is 1. The topological polar surface area (TPSA) is 64.6 Å². The molecule has 23 heavy (non-hydrogen) atoms. The number of urea groups is 1. The van der Waals surface area contributed by atoms with Crippen LogP contribution in [-0.4, -0.2) is 48.3 Å². The summed E-state index contributed by atoms with van der Waals surface area (Å²) in [5.41, 5.74) is 0.862. The van der Waals surface area contributed by atoms with Crippen molar-refractivity contribution in [3.05, 3.63) is 29.8 Å². The number of piperidine rings is 1. The predicted molar refractivity (Wildman–Crippen MR) is 90.5 cm³/mol. The lowest BCUT2D eigenvalue weighted by atomic mass is 10.0. The van der Waals surface area contributed by atoms with Gasteiger partial charge in [0.25, 0.3) is 0 Å². The fourth-order valence-corrected chi connectivity index (χ4v) is 3.19. The van der Waals surface area contributed by atoms with Crippen LogP contribution in [0.5, 0.6) is 5.75 Å². The summed E-state index contributed by atoms with van der Waals surface area (Å²) in [4.78, 5) is 14.5. The third-order valence-electron chi connectivity index (χ3n) is 4.81. The van der Waals surface area contributed by atoms with Crippen molar-refractivity contribution in [3.63, 3.8) is 0 Å². The van der Waals surface area contributed by atoms with Crippen molar-refractivity contribution in [1.82, 2.24) is 15.5 Å². The molecule has 2 aliphatic rings. The van der Waals surface area contributed by atoms with E-state index in [-0.39, 0.29) is 17.8 Å². The van der Waals surface area contributed by atoms with Crippen LogP contribution < -0.4 is 10.6 Å². The molecule has 1 heterocycles. The quantitative estimate of drug-likeness (QED) is 0.753. The van der Waals surface area contributed by atoms with Crippen molar-refractivity contribution in [1.29, 1.82) is 0 Å². The fraction of sp³-hybridized carbons (Fsp3) is 0.611. The average Bonchev–Trinajstić information content (AvgIpc) is 3.35. The van der Waals surface area contributed by atoms with Crippen LogP contribution in [-0.2, 0) is 6.42 Å². The molecule has 126 valence electrons. The summed E-state index contributed by atoms with van der Waals surface area (Å²) in [6.45, 7) is 3.97. The summed E-state index contributed by atoms with van der Waals surface area (Å²) in [6.07, 6.45) is 5.52. The van der Waals surface area contributed by atoms with E-state index >= 15 is 0 Å². The zero-order valence-electron chi connectivity index (χ0n) is 13.6. The van der Waals surface area contributed by atoms with E-state index < -0.39 is 0 Å². The van der Waals surface area contributed by atoms with Crippen LogP contribution >= 0.6 is 0 Å². The van der Waals surface area contributed by atoms with E-state index in [2.05, 4.69) is 15.5 Å². The number of para-hydroxylation sites is 1. The molecule has 2 amide bonds. The highest BCUT2D eigenvalue weighted by Gasteiger charge is 2.27. The van der Waals surface area contributed by atoms with Crippen LogP contribution in [0.25, 0.3) is 0 Å². The first kappa shape index (κ1) is 16.1. The highest BCUT2D eigenvalue weighted by atomic mass is 16.3. The number of hydrogen-bond acceptors (Lipinski definition) is 3. The number of phenols is 1. The van der Waals surface area contributed by atoms with Crippen LogP contribution in [0.4, 0.5) is 4.79 Å². The lowest BCUT2D eigenvalue weighted by molar-refractivity contribution is 0.187. The van der Waals surface area contributed by atoms with E-state index in [1.54, 1.807) is 12.1 Å². The highest BCUT2D eigenvalue weighted by molar-refractivity contribution is 5.74. The minimum atomic E-state index is -0.0962. The lowest BCUT2D eigenvalue weighted by Crippen LogP contribution is -2.48. The van der Waals surface area contributed by atoms with Crippen molar-refractivity contribution >= 4 is 6.03 Å². The van der Waals surface area contributed by atoms with Gasteiger partial charge in [-0.25, -0.2) is 4.79 Å². The Morgan fingerprint density at radius 3 is 2.61 bits per heavy atom. The number of carbonyl (C=O) groups is 1. The van der Waals surface area contributed by atoms with Gasteiger partial charge in [-0.15, -0.1) is 0 Å². The zero-order chi connectivity index (χ0) is 16.1. The highest BCUT2D eigenvalue weighted by Crippen LogP contribution is 2.30. The van der Waals surface area contributed by atoms with E-state index in [9.17, 15) is 9.90 Å². The van der Waals surface area contributed by atoms with Crippen LogP contribution in [0.15, 0.2) is 24.3 Å². The fourth-order valence-electron chi connectivity index (χ4n) is 3.19. The van der Waals surface area contributed by atoms with Crippen LogP contribution in [0.1, 0.15) is 31.2 Å². The van der Waals surface area contributed by atoms with E-state index in [1.165, 1.54) is 19.4 Å². The number of nitrogens with one attached hydrogen (secondary N) is 2. The predicted octanol–water partition coefficient (Wildman–Crippen LogP) is 2.11. The first-order valence-electron chi connectivity index (χ1n) is 8.74. The Hall–Kier alpha value is -1.75. The maximum absolute atomic E-state index is 12.0. The molecule has 5 heteroatoms. The van der Waals surface area contributed by atoms with Crippen molar-refractivity contribution in [3.8, 4) is 5.75 Å². The number of rotatable bonds is 6. The SMILES string of the molecule is O=C(NCCc1ccccc1O)NC1CCN(CC2CC2)CC1. The Morgan fingerprint density at radius 2 is 1.91 bits per heavy atom. The Labute approximate surface area is 138 Å². The molecule has 0 bridgehead atoms. The van der Waals surface area contributed by atoms with E-state index in [1.807, 2.05) is 12.1 Å². The smallest absolute Gasteiger partial charge is 0.315 e. The van der Waals surface area contributed by atoms with Crippen molar-refractivity contribution in [2.45, 2.75) is 38.1 Å². The monoisotopic (exact) mass is 317 g/mol. The van der Waals surface area contributed by atoms with Gasteiger partial charge in [0.05, 0.1) is 0 Å². The molecule has 1 aliphatic heterocycles. The molecule has 0 unspecified atom stereocenters. The van der Waals surface area contributed by atoms with Gasteiger partial charge in [0, 0.05) is 32.2 Å². The minimum Gasteiger partial charge on any atom is -0.508 e. The Bertz CT molecular complexity index is 523. The molecule has 5 nitrogen and oxygen atoms in total. The van der Waals surface area contributed by atoms with Crippen LogP contribution in [0, 0.1) is 5.92 Å². The van der Waals surface area contributed by atoms with Gasteiger partial charge in [-0.1, -0.05) is 18.2 Å². The molecular formula is C18H27N3O2. The summed E-state index contributed by atoms with van der Waals surface area (Å²) in [7, 11) is 0. The average molecular weight is 317 g/mol. The molecule has 0 radical (unpaired) electrons. The lowest BCUT2D eigenvalue weighted by Gasteiger charge is -2.32. The molecule has 1 aliphatic carbocycles. The number of hydrogen-bond donors (Lipinski definition) is 3. The number of aromatic hydroxyl groups is 1. The summed E-state index contributed by atoms with van der Waals surface area (Å²) >= 11 is 0.